The van der Waals surface area contributed by atoms with Gasteiger partial charge in [-0.1, -0.05) is 288 Å². The molecule has 11 nitrogen and oxygen atoms in total. The summed E-state index contributed by atoms with van der Waals surface area (Å²) in [6, 6.07) is 76.1. The molecule has 0 unspecified atom stereocenters. The van der Waals surface area contributed by atoms with Crippen LogP contribution in [0.3, 0.4) is 0 Å². The van der Waals surface area contributed by atoms with Crippen LogP contribution in [0.15, 0.2) is 305 Å². The fourth-order valence-electron chi connectivity index (χ4n) is 10.3. The molecule has 0 amide bonds. The summed E-state index contributed by atoms with van der Waals surface area (Å²) in [5.74, 6) is 0.759. The molecule has 0 aliphatic heterocycles. The Morgan fingerprint density at radius 2 is 0.584 bits per heavy atom. The number of rotatable bonds is 0. The topological polar surface area (TPSA) is 142 Å². The van der Waals surface area contributed by atoms with Gasteiger partial charge in [0.2, 0.25) is 0 Å². The fraction of sp³-hybridized carbons (Fsp3) is 0.265. The van der Waals surface area contributed by atoms with Gasteiger partial charge in [0, 0.05) is 117 Å². The van der Waals surface area contributed by atoms with Crippen LogP contribution in [0.2, 0.25) is 0 Å². The number of fused-ring (bicyclic) bond motifs is 8. The van der Waals surface area contributed by atoms with Crippen molar-refractivity contribution in [3.8, 4) is 0 Å². The lowest BCUT2D eigenvalue weighted by molar-refractivity contribution is 0.974. The summed E-state index contributed by atoms with van der Waals surface area (Å²) in [5.41, 5.74) is 14.3. The molecular weight excluding hydrogens is 1380 g/mol. The number of nitrogens with zero attached hydrogens (tertiary/aromatic N) is 11. The van der Waals surface area contributed by atoms with Gasteiger partial charge < -0.3 is 0 Å². The zero-order valence-electron chi connectivity index (χ0n) is 73.3. The van der Waals surface area contributed by atoms with E-state index in [0.717, 1.165) is 33.6 Å². The summed E-state index contributed by atoms with van der Waals surface area (Å²) < 4.78 is 0. The minimum atomic E-state index is 0.759. The number of para-hydroxylation sites is 3. The zero-order valence-corrected chi connectivity index (χ0v) is 73.3. The summed E-state index contributed by atoms with van der Waals surface area (Å²) in [6.07, 6.45) is 23.4. The van der Waals surface area contributed by atoms with E-state index in [0.29, 0.717) is 0 Å². The maximum Gasteiger partial charge on any atom is 0.128 e. The number of benzene rings is 8. The first-order chi connectivity index (χ1) is 55.4. The molecule has 0 atom stereocenters. The monoisotopic (exact) mass is 1510 g/mol. The number of pyridine rings is 8. The van der Waals surface area contributed by atoms with Gasteiger partial charge in [-0.2, -0.15) is 0 Å². The smallest absolute Gasteiger partial charge is 0.128 e. The Balaban J connectivity index is 0.00000122. The zero-order chi connectivity index (χ0) is 84.6. The van der Waals surface area contributed by atoms with Crippen molar-refractivity contribution < 1.29 is 0 Å². The maximum atomic E-state index is 4.28. The molecule has 0 fully saturated rings. The predicted octanol–water partition coefficient (Wildman–Crippen LogP) is 29.8. The van der Waals surface area contributed by atoms with Crippen LogP contribution in [0, 0.1) is 62.3 Å². The van der Waals surface area contributed by atoms with Crippen molar-refractivity contribution in [3.05, 3.63) is 356 Å². The Hall–Kier alpha value is -12.0. The summed E-state index contributed by atoms with van der Waals surface area (Å²) in [7, 11) is 0. The van der Waals surface area contributed by atoms with Crippen LogP contribution in [0.4, 0.5) is 0 Å². The molecule has 17 rings (SSSR count). The molecule has 0 aliphatic rings. The fourth-order valence-corrected chi connectivity index (χ4v) is 10.3. The molecule has 0 N–H and O–H groups in total. The molecular formula is C102H131N11. The van der Waals surface area contributed by atoms with Crippen LogP contribution in [0.25, 0.3) is 86.7 Å². The second-order valence-corrected chi connectivity index (χ2v) is 22.5. The molecule has 594 valence electrons. The van der Waals surface area contributed by atoms with Gasteiger partial charge in [0.1, 0.15) is 18.5 Å². The molecule has 0 spiro atoms. The van der Waals surface area contributed by atoms with Gasteiger partial charge in [0.25, 0.3) is 0 Å². The Bertz CT molecular complexity index is 4430. The van der Waals surface area contributed by atoms with E-state index in [1.807, 2.05) is 310 Å². The SMILES string of the molecule is CC.CC.CC.CC.CC.CC.CC.CC.CC.Cc1cccc2cccnc12.Cc1cccc2ccncc12.Cc1cccc2cnccc12.Cc1cccc2ncccc12.Cc1ccnc2ccccc12.Cc1cnc2ccccc2c1.Cc1cncc2ccccc12.Cc1nccc2ccccc12.Cc1ncncn1. The van der Waals surface area contributed by atoms with Gasteiger partial charge in [-0.25, -0.2) is 15.0 Å². The highest BCUT2D eigenvalue weighted by Gasteiger charge is 2.00. The Morgan fingerprint density at radius 1 is 0.195 bits per heavy atom. The quantitative estimate of drug-likeness (QED) is 0.143. The molecule has 9 aromatic heterocycles. The van der Waals surface area contributed by atoms with Crippen LogP contribution in [-0.4, -0.2) is 54.8 Å². The molecule has 8 aromatic carbocycles. The standard InChI is InChI=1S/8C10H9N.C4H5N3.9C2H6/c1-8-4-2-6-10-9(8)5-3-7-11-10;1-8-4-2-5-9-6-3-7-11-10(8)9;1-8-3-2-4-9-7-11-6-5-10(8)9;1-8-3-2-4-9-5-6-11-7-10(8)9;1-8-6-11-7-9-4-2-3-5-10(8)9;1-8-6-9-4-2-3-5-10(9)11-7-8;1-8-10-5-3-2-4-9(10)6-7-11-8;1-8-6-7-11-10-5-3-2-4-9(8)10;1-4-6-2-5-3-7-4;9*1-2/h8*2-7H,1H3;2-3H,1H3;9*1-2H3. The first kappa shape index (κ1) is 101. The lowest BCUT2D eigenvalue weighted by Gasteiger charge is -1.98. The molecule has 11 heteroatoms. The van der Waals surface area contributed by atoms with Crippen molar-refractivity contribution in [3.63, 3.8) is 0 Å². The van der Waals surface area contributed by atoms with E-state index in [4.69, 9.17) is 0 Å². The Morgan fingerprint density at radius 3 is 1.16 bits per heavy atom. The number of aromatic nitrogens is 11. The van der Waals surface area contributed by atoms with Crippen molar-refractivity contribution >= 4 is 86.7 Å². The average molecular weight is 1510 g/mol. The van der Waals surface area contributed by atoms with Crippen LogP contribution in [0.1, 0.15) is 175 Å². The van der Waals surface area contributed by atoms with Crippen molar-refractivity contribution in [2.24, 2.45) is 0 Å². The number of aryl methyl sites for hydroxylation is 9. The average Bonchev–Trinajstić information content (AvgIpc) is 0.869. The minimum Gasteiger partial charge on any atom is -0.264 e. The van der Waals surface area contributed by atoms with Crippen LogP contribution in [0.5, 0.6) is 0 Å². The van der Waals surface area contributed by atoms with E-state index >= 15 is 0 Å². The van der Waals surface area contributed by atoms with Crippen LogP contribution < -0.4 is 0 Å². The van der Waals surface area contributed by atoms with Gasteiger partial charge in [0.15, 0.2) is 0 Å². The summed E-state index contributed by atoms with van der Waals surface area (Å²) in [6.45, 7) is 54.5. The van der Waals surface area contributed by atoms with Crippen LogP contribution in [-0.2, 0) is 0 Å². The molecule has 0 bridgehead atoms. The molecule has 113 heavy (non-hydrogen) atoms. The minimum absolute atomic E-state index is 0.759. The van der Waals surface area contributed by atoms with E-state index < -0.39 is 0 Å². The van der Waals surface area contributed by atoms with E-state index in [2.05, 4.69) is 225 Å². The third kappa shape index (κ3) is 36.2. The third-order valence-corrected chi connectivity index (χ3v) is 15.5. The first-order valence-corrected chi connectivity index (χ1v) is 40.4. The second kappa shape index (κ2) is 63.8. The molecule has 0 radical (unpaired) electrons. The highest BCUT2D eigenvalue weighted by atomic mass is 15.0. The number of hydrogen-bond donors (Lipinski definition) is 0. The lowest BCUT2D eigenvalue weighted by atomic mass is 10.1. The second-order valence-electron chi connectivity index (χ2n) is 22.5. The van der Waals surface area contributed by atoms with Crippen LogP contribution >= 0.6 is 0 Å². The largest absolute Gasteiger partial charge is 0.264 e. The summed E-state index contributed by atoms with van der Waals surface area (Å²) in [4.78, 5) is 44.6. The Labute approximate surface area is 680 Å². The van der Waals surface area contributed by atoms with Gasteiger partial charge in [-0.05, 0) is 183 Å². The molecule has 0 saturated carbocycles. The Kier molecular flexibility index (Phi) is 57.0. The molecule has 17 aromatic rings. The first-order valence-electron chi connectivity index (χ1n) is 40.4. The van der Waals surface area contributed by atoms with E-state index in [1.54, 1.807) is 0 Å². The van der Waals surface area contributed by atoms with E-state index in [9.17, 15) is 0 Å². The lowest BCUT2D eigenvalue weighted by Crippen LogP contribution is -1.84. The van der Waals surface area contributed by atoms with Gasteiger partial charge in [-0.15, -0.1) is 0 Å². The summed E-state index contributed by atoms with van der Waals surface area (Å²) in [5, 5.41) is 15.0. The van der Waals surface area contributed by atoms with Crippen molar-refractivity contribution in [2.75, 3.05) is 0 Å². The third-order valence-electron chi connectivity index (χ3n) is 15.5. The number of hydrogen-bond acceptors (Lipinski definition) is 11. The van der Waals surface area contributed by atoms with Gasteiger partial charge >= 0.3 is 0 Å². The molecule has 9 heterocycles. The highest BCUT2D eigenvalue weighted by molar-refractivity contribution is 5.88. The summed E-state index contributed by atoms with van der Waals surface area (Å²) >= 11 is 0. The predicted molar refractivity (Wildman–Crippen MR) is 499 cm³/mol. The maximum absolute atomic E-state index is 4.28. The van der Waals surface area contributed by atoms with Crippen molar-refractivity contribution in [1.29, 1.82) is 0 Å². The molecule has 0 aliphatic carbocycles. The molecule has 0 saturated heterocycles. The van der Waals surface area contributed by atoms with Crippen molar-refractivity contribution in [2.45, 2.75) is 187 Å². The highest BCUT2D eigenvalue weighted by Crippen LogP contribution is 2.21. The van der Waals surface area contributed by atoms with Crippen molar-refractivity contribution in [1.82, 2.24) is 54.8 Å². The van der Waals surface area contributed by atoms with Gasteiger partial charge in [0.05, 0.1) is 22.1 Å². The normalized spacial score (nSPS) is 9.02. The van der Waals surface area contributed by atoms with E-state index in [1.165, 1.54) is 116 Å². The van der Waals surface area contributed by atoms with E-state index in [-0.39, 0.29) is 0 Å². The van der Waals surface area contributed by atoms with Gasteiger partial charge in [-0.3, -0.25) is 39.9 Å².